The summed E-state index contributed by atoms with van der Waals surface area (Å²) in [4.78, 5) is 36.1. The van der Waals surface area contributed by atoms with Crippen molar-refractivity contribution in [1.29, 1.82) is 0 Å². The second-order valence-corrected chi connectivity index (χ2v) is 7.37. The molecule has 4 rings (SSSR count). The van der Waals surface area contributed by atoms with E-state index in [1.807, 2.05) is 0 Å². The van der Waals surface area contributed by atoms with E-state index >= 15 is 0 Å². The first-order valence-corrected chi connectivity index (χ1v) is 8.83. The molecule has 0 unspecified atom stereocenters. The Morgan fingerprint density at radius 2 is 1.88 bits per heavy atom. The predicted octanol–water partition coefficient (Wildman–Crippen LogP) is 2.52. The third kappa shape index (κ3) is 2.63. The van der Waals surface area contributed by atoms with E-state index in [0.717, 1.165) is 11.4 Å². The SMILES string of the molecule is CC(=O)Oc1ccc(C=NN2C(=O)[C@@H]3[C@H](C2=O)[C@H]2C=C[C@H]3C2)cc1Br. The average molecular weight is 403 g/mol. The Balaban J connectivity index is 1.53. The van der Waals surface area contributed by atoms with Gasteiger partial charge in [0, 0.05) is 6.92 Å². The standard InChI is InChI=1S/C18H15BrN2O4/c1-9(22)25-14-5-2-10(6-13(14)19)8-20-21-17(23)15-11-3-4-12(7-11)16(15)18(21)24/h2-6,8,11-12,15-16H,7H2,1H3/t11-,12-,15-,16+/m0/s1. The van der Waals surface area contributed by atoms with Crippen molar-refractivity contribution in [3.63, 3.8) is 0 Å². The second-order valence-electron chi connectivity index (χ2n) is 6.52. The fourth-order valence-electron chi connectivity index (χ4n) is 3.96. The lowest BCUT2D eigenvalue weighted by Gasteiger charge is -2.13. The minimum absolute atomic E-state index is 0.170. The lowest BCUT2D eigenvalue weighted by molar-refractivity contribution is -0.140. The number of allylic oxidation sites excluding steroid dienone is 2. The molecule has 4 atom stereocenters. The van der Waals surface area contributed by atoms with Gasteiger partial charge in [-0.1, -0.05) is 12.2 Å². The number of amides is 2. The highest BCUT2D eigenvalue weighted by molar-refractivity contribution is 9.10. The molecule has 1 saturated carbocycles. The van der Waals surface area contributed by atoms with E-state index in [0.29, 0.717) is 15.8 Å². The van der Waals surface area contributed by atoms with Gasteiger partial charge in [0.15, 0.2) is 0 Å². The van der Waals surface area contributed by atoms with Crippen molar-refractivity contribution < 1.29 is 19.1 Å². The molecule has 1 aromatic rings. The number of ether oxygens (including phenoxy) is 1. The summed E-state index contributed by atoms with van der Waals surface area (Å²) >= 11 is 3.32. The van der Waals surface area contributed by atoms with Gasteiger partial charge in [-0.3, -0.25) is 14.4 Å². The van der Waals surface area contributed by atoms with Gasteiger partial charge >= 0.3 is 5.97 Å². The molecule has 1 saturated heterocycles. The van der Waals surface area contributed by atoms with Crippen molar-refractivity contribution in [2.45, 2.75) is 13.3 Å². The molecule has 2 aliphatic carbocycles. The Bertz CT molecular complexity index is 817. The predicted molar refractivity (Wildman–Crippen MR) is 92.6 cm³/mol. The van der Waals surface area contributed by atoms with E-state index in [2.05, 4.69) is 33.2 Å². The van der Waals surface area contributed by atoms with Crippen LogP contribution in [0, 0.1) is 23.7 Å². The molecule has 2 fully saturated rings. The smallest absolute Gasteiger partial charge is 0.308 e. The topological polar surface area (TPSA) is 76.0 Å². The van der Waals surface area contributed by atoms with Crippen LogP contribution in [-0.2, 0) is 14.4 Å². The fraction of sp³-hybridized carbons (Fsp3) is 0.333. The van der Waals surface area contributed by atoms with Gasteiger partial charge < -0.3 is 4.74 Å². The average Bonchev–Trinajstić information content (AvgIpc) is 3.23. The molecule has 7 heteroatoms. The van der Waals surface area contributed by atoms with Crippen LogP contribution in [0.15, 0.2) is 39.9 Å². The number of carbonyl (C=O) groups excluding carboxylic acids is 3. The largest absolute Gasteiger partial charge is 0.426 e. The molecule has 2 bridgehead atoms. The monoisotopic (exact) mass is 402 g/mol. The van der Waals surface area contributed by atoms with Crippen molar-refractivity contribution in [2.24, 2.45) is 28.8 Å². The summed E-state index contributed by atoms with van der Waals surface area (Å²) in [7, 11) is 0. The van der Waals surface area contributed by atoms with Gasteiger partial charge in [0.25, 0.3) is 11.8 Å². The number of hydrogen-bond acceptors (Lipinski definition) is 5. The summed E-state index contributed by atoms with van der Waals surface area (Å²) in [5.74, 6) is -0.596. The number of nitrogens with zero attached hydrogens (tertiary/aromatic N) is 2. The van der Waals surface area contributed by atoms with Gasteiger partial charge in [-0.2, -0.15) is 10.1 Å². The lowest BCUT2D eigenvalue weighted by Crippen LogP contribution is -2.28. The van der Waals surface area contributed by atoms with Gasteiger partial charge in [0.1, 0.15) is 5.75 Å². The number of fused-ring (bicyclic) bond motifs is 5. The maximum absolute atomic E-state index is 12.5. The van der Waals surface area contributed by atoms with Crippen LogP contribution in [0.5, 0.6) is 5.75 Å². The Labute approximate surface area is 152 Å². The van der Waals surface area contributed by atoms with Crippen LogP contribution in [0.4, 0.5) is 0 Å². The third-order valence-corrected chi connectivity index (χ3v) is 5.60. The van der Waals surface area contributed by atoms with Gasteiger partial charge in [0.2, 0.25) is 0 Å². The van der Waals surface area contributed by atoms with Crippen LogP contribution >= 0.6 is 15.9 Å². The van der Waals surface area contributed by atoms with Gasteiger partial charge in [-0.25, -0.2) is 0 Å². The Hall–Kier alpha value is -2.28. The van der Waals surface area contributed by atoms with E-state index in [1.165, 1.54) is 13.1 Å². The number of carbonyl (C=O) groups is 3. The fourth-order valence-corrected chi connectivity index (χ4v) is 4.44. The van der Waals surface area contributed by atoms with Crippen molar-refractivity contribution in [2.75, 3.05) is 0 Å². The normalized spacial score (nSPS) is 29.8. The second kappa shape index (κ2) is 5.91. The zero-order valence-corrected chi connectivity index (χ0v) is 15.0. The van der Waals surface area contributed by atoms with E-state index in [-0.39, 0.29) is 35.5 Å². The number of esters is 1. The van der Waals surface area contributed by atoms with Crippen LogP contribution < -0.4 is 4.74 Å². The van der Waals surface area contributed by atoms with Gasteiger partial charge in [-0.15, -0.1) is 0 Å². The van der Waals surface area contributed by atoms with Crippen LogP contribution in [-0.4, -0.2) is 29.0 Å². The van der Waals surface area contributed by atoms with Crippen molar-refractivity contribution in [1.82, 2.24) is 5.01 Å². The van der Waals surface area contributed by atoms with Crippen LogP contribution in [0.25, 0.3) is 0 Å². The molecule has 128 valence electrons. The maximum atomic E-state index is 12.5. The number of hydrogen-bond donors (Lipinski definition) is 0. The molecule has 0 radical (unpaired) electrons. The van der Waals surface area contributed by atoms with Crippen LogP contribution in [0.1, 0.15) is 18.9 Å². The Kier molecular flexibility index (Phi) is 3.83. The van der Waals surface area contributed by atoms with E-state index < -0.39 is 5.97 Å². The molecule has 6 nitrogen and oxygen atoms in total. The first-order chi connectivity index (χ1) is 12.0. The Morgan fingerprint density at radius 1 is 1.24 bits per heavy atom. The molecule has 1 aliphatic heterocycles. The summed E-state index contributed by atoms with van der Waals surface area (Å²) < 4.78 is 5.62. The zero-order chi connectivity index (χ0) is 17.7. The van der Waals surface area contributed by atoms with E-state index in [4.69, 9.17) is 4.74 Å². The number of benzene rings is 1. The van der Waals surface area contributed by atoms with Crippen molar-refractivity contribution in [3.05, 3.63) is 40.4 Å². The third-order valence-electron chi connectivity index (χ3n) is 4.98. The summed E-state index contributed by atoms with van der Waals surface area (Å²) in [5.41, 5.74) is 0.682. The van der Waals surface area contributed by atoms with E-state index in [9.17, 15) is 14.4 Å². The number of imide groups is 1. The number of hydrazone groups is 1. The minimum atomic E-state index is -0.412. The van der Waals surface area contributed by atoms with Crippen LogP contribution in [0.3, 0.4) is 0 Å². The number of halogens is 1. The van der Waals surface area contributed by atoms with Crippen molar-refractivity contribution >= 4 is 39.9 Å². The molecule has 1 heterocycles. The molecule has 2 amide bonds. The summed E-state index contributed by atoms with van der Waals surface area (Å²) in [6.07, 6.45) is 6.47. The molecule has 1 aromatic carbocycles. The first kappa shape index (κ1) is 16.2. The minimum Gasteiger partial charge on any atom is -0.426 e. The highest BCUT2D eigenvalue weighted by Crippen LogP contribution is 2.52. The number of rotatable bonds is 3. The van der Waals surface area contributed by atoms with E-state index in [1.54, 1.807) is 18.2 Å². The zero-order valence-electron chi connectivity index (χ0n) is 13.4. The maximum Gasteiger partial charge on any atom is 0.308 e. The molecular formula is C18H15BrN2O4. The summed E-state index contributed by atoms with van der Waals surface area (Å²) in [5, 5.41) is 5.13. The molecule has 0 aromatic heterocycles. The molecule has 0 spiro atoms. The molecule has 0 N–H and O–H groups in total. The molecular weight excluding hydrogens is 388 g/mol. The highest BCUT2D eigenvalue weighted by Gasteiger charge is 2.59. The highest BCUT2D eigenvalue weighted by atomic mass is 79.9. The quantitative estimate of drug-likeness (QED) is 0.256. The Morgan fingerprint density at radius 3 is 2.44 bits per heavy atom. The molecule has 25 heavy (non-hydrogen) atoms. The van der Waals surface area contributed by atoms with Gasteiger partial charge in [0.05, 0.1) is 22.5 Å². The van der Waals surface area contributed by atoms with Crippen molar-refractivity contribution in [3.8, 4) is 5.75 Å². The summed E-state index contributed by atoms with van der Waals surface area (Å²) in [6, 6.07) is 5.03. The van der Waals surface area contributed by atoms with Crippen LogP contribution in [0.2, 0.25) is 0 Å². The lowest BCUT2D eigenvalue weighted by atomic mass is 9.85. The molecule has 3 aliphatic rings. The first-order valence-electron chi connectivity index (χ1n) is 8.04. The van der Waals surface area contributed by atoms with Gasteiger partial charge in [-0.05, 0) is 57.9 Å². The summed E-state index contributed by atoms with van der Waals surface area (Å²) in [6.45, 7) is 1.32.